The van der Waals surface area contributed by atoms with Crippen LogP contribution in [0.15, 0.2) is 22.8 Å². The molecule has 1 saturated heterocycles. The number of rotatable bonds is 2. The summed E-state index contributed by atoms with van der Waals surface area (Å²) in [6.07, 6.45) is 3.25. The number of furan rings is 1. The van der Waals surface area contributed by atoms with Gasteiger partial charge in [0.15, 0.2) is 5.76 Å². The van der Waals surface area contributed by atoms with E-state index in [2.05, 4.69) is 0 Å². The molecule has 0 bridgehead atoms. The summed E-state index contributed by atoms with van der Waals surface area (Å²) in [6.45, 7) is 1.27. The van der Waals surface area contributed by atoms with Crippen LogP contribution in [0.4, 0.5) is 0 Å². The molecule has 2 N–H and O–H groups in total. The van der Waals surface area contributed by atoms with E-state index in [4.69, 9.17) is 15.2 Å². The number of likely N-dealkylation sites (tertiary alicyclic amines) is 1. The number of hydrogen-bond donors (Lipinski definition) is 1. The van der Waals surface area contributed by atoms with Crippen LogP contribution in [0.1, 0.15) is 23.4 Å². The lowest BCUT2D eigenvalue weighted by Gasteiger charge is -2.30. The molecule has 0 aromatic carbocycles. The molecule has 0 radical (unpaired) electrons. The Labute approximate surface area is 87.7 Å². The first-order chi connectivity index (χ1) is 7.31. The molecule has 1 aromatic rings. The second kappa shape index (κ2) is 4.46. The van der Waals surface area contributed by atoms with Crippen LogP contribution in [0.25, 0.3) is 0 Å². The van der Waals surface area contributed by atoms with E-state index in [0.717, 1.165) is 19.4 Å². The quantitative estimate of drug-likeness (QED) is 0.732. The number of nitrogens with two attached hydrogens (primary N) is 1. The first-order valence-electron chi connectivity index (χ1n) is 4.99. The van der Waals surface area contributed by atoms with Crippen molar-refractivity contribution in [3.63, 3.8) is 0 Å². The van der Waals surface area contributed by atoms with Crippen molar-refractivity contribution < 1.29 is 14.0 Å². The van der Waals surface area contributed by atoms with Gasteiger partial charge in [-0.25, -0.2) is 5.90 Å². The van der Waals surface area contributed by atoms with E-state index in [1.165, 1.54) is 6.26 Å². The van der Waals surface area contributed by atoms with Crippen LogP contribution < -0.4 is 5.90 Å². The maximum Gasteiger partial charge on any atom is 0.289 e. The highest BCUT2D eigenvalue weighted by Gasteiger charge is 2.25. The summed E-state index contributed by atoms with van der Waals surface area (Å²) in [5, 5.41) is 0. The van der Waals surface area contributed by atoms with Crippen molar-refractivity contribution in [2.75, 3.05) is 13.1 Å². The summed E-state index contributed by atoms with van der Waals surface area (Å²) in [5.41, 5.74) is 0. The SMILES string of the molecule is NOC1CCCN(C(=O)c2ccco2)C1. The molecule has 1 unspecified atom stereocenters. The zero-order valence-corrected chi connectivity index (χ0v) is 8.39. The Balaban J connectivity index is 2.01. The highest BCUT2D eigenvalue weighted by Crippen LogP contribution is 2.15. The van der Waals surface area contributed by atoms with Gasteiger partial charge in [0.25, 0.3) is 5.91 Å². The Morgan fingerprint density at radius 2 is 2.53 bits per heavy atom. The molecule has 1 atom stereocenters. The molecule has 82 valence electrons. The molecular weight excluding hydrogens is 196 g/mol. The second-order valence-electron chi connectivity index (χ2n) is 3.63. The summed E-state index contributed by atoms with van der Waals surface area (Å²) in [5.74, 6) is 5.40. The van der Waals surface area contributed by atoms with E-state index in [1.807, 2.05) is 0 Å². The van der Waals surface area contributed by atoms with Crippen molar-refractivity contribution in [3.8, 4) is 0 Å². The Bertz CT molecular complexity index is 323. The highest BCUT2D eigenvalue weighted by molar-refractivity contribution is 5.91. The van der Waals surface area contributed by atoms with Crippen LogP contribution in [-0.2, 0) is 4.84 Å². The van der Waals surface area contributed by atoms with E-state index in [0.29, 0.717) is 12.3 Å². The van der Waals surface area contributed by atoms with Gasteiger partial charge in [0, 0.05) is 13.1 Å². The molecule has 1 aliphatic heterocycles. The minimum atomic E-state index is -0.0956. The van der Waals surface area contributed by atoms with Gasteiger partial charge in [-0.05, 0) is 25.0 Å². The fourth-order valence-electron chi connectivity index (χ4n) is 1.79. The summed E-state index contributed by atoms with van der Waals surface area (Å²) in [6, 6.07) is 3.36. The normalized spacial score (nSPS) is 21.7. The van der Waals surface area contributed by atoms with Crippen LogP contribution in [0.2, 0.25) is 0 Å². The average Bonchev–Trinajstić information content (AvgIpc) is 2.81. The molecule has 0 spiro atoms. The summed E-state index contributed by atoms with van der Waals surface area (Å²) >= 11 is 0. The van der Waals surface area contributed by atoms with Gasteiger partial charge in [0.05, 0.1) is 12.4 Å². The Morgan fingerprint density at radius 1 is 1.67 bits per heavy atom. The van der Waals surface area contributed by atoms with E-state index in [9.17, 15) is 4.79 Å². The van der Waals surface area contributed by atoms with Gasteiger partial charge in [-0.2, -0.15) is 0 Å². The summed E-state index contributed by atoms with van der Waals surface area (Å²) in [4.78, 5) is 18.3. The molecule has 1 amide bonds. The molecule has 0 saturated carbocycles. The Kier molecular flexibility index (Phi) is 3.03. The van der Waals surface area contributed by atoms with Gasteiger partial charge in [-0.15, -0.1) is 0 Å². The van der Waals surface area contributed by atoms with Crippen molar-refractivity contribution in [2.24, 2.45) is 5.90 Å². The number of nitrogens with zero attached hydrogens (tertiary/aromatic N) is 1. The van der Waals surface area contributed by atoms with Gasteiger partial charge in [-0.1, -0.05) is 0 Å². The summed E-state index contributed by atoms with van der Waals surface area (Å²) in [7, 11) is 0. The minimum absolute atomic E-state index is 0.0577. The van der Waals surface area contributed by atoms with Gasteiger partial charge in [-0.3, -0.25) is 9.63 Å². The predicted octanol–water partition coefficient (Wildman–Crippen LogP) is 0.774. The van der Waals surface area contributed by atoms with Crippen molar-refractivity contribution in [2.45, 2.75) is 18.9 Å². The molecular formula is C10H14N2O3. The second-order valence-corrected chi connectivity index (χ2v) is 3.63. The van der Waals surface area contributed by atoms with Crippen LogP contribution in [0.5, 0.6) is 0 Å². The Morgan fingerprint density at radius 3 is 3.20 bits per heavy atom. The smallest absolute Gasteiger partial charge is 0.289 e. The molecule has 2 rings (SSSR count). The molecule has 0 aliphatic carbocycles. The third-order valence-corrected chi connectivity index (χ3v) is 2.59. The summed E-state index contributed by atoms with van der Waals surface area (Å²) < 4.78 is 5.05. The maximum absolute atomic E-state index is 11.9. The molecule has 15 heavy (non-hydrogen) atoms. The molecule has 1 aromatic heterocycles. The number of hydrogen-bond acceptors (Lipinski definition) is 4. The average molecular weight is 210 g/mol. The number of piperidine rings is 1. The fraction of sp³-hybridized carbons (Fsp3) is 0.500. The minimum Gasteiger partial charge on any atom is -0.459 e. The zero-order chi connectivity index (χ0) is 10.7. The van der Waals surface area contributed by atoms with Crippen LogP contribution in [0, 0.1) is 0 Å². The highest BCUT2D eigenvalue weighted by atomic mass is 16.6. The van der Waals surface area contributed by atoms with Crippen molar-refractivity contribution in [1.82, 2.24) is 4.90 Å². The van der Waals surface area contributed by atoms with Crippen molar-refractivity contribution in [3.05, 3.63) is 24.2 Å². The van der Waals surface area contributed by atoms with Crippen LogP contribution in [0.3, 0.4) is 0 Å². The first kappa shape index (κ1) is 10.2. The Hall–Kier alpha value is -1.33. The largest absolute Gasteiger partial charge is 0.459 e. The van der Waals surface area contributed by atoms with Crippen LogP contribution >= 0.6 is 0 Å². The number of amides is 1. The van der Waals surface area contributed by atoms with E-state index in [-0.39, 0.29) is 12.0 Å². The van der Waals surface area contributed by atoms with E-state index in [1.54, 1.807) is 17.0 Å². The number of carbonyl (C=O) groups is 1. The van der Waals surface area contributed by atoms with Crippen molar-refractivity contribution in [1.29, 1.82) is 0 Å². The van der Waals surface area contributed by atoms with E-state index < -0.39 is 0 Å². The van der Waals surface area contributed by atoms with Gasteiger partial charge >= 0.3 is 0 Å². The molecule has 5 heteroatoms. The maximum atomic E-state index is 11.9. The number of carbonyl (C=O) groups excluding carboxylic acids is 1. The standard InChI is InChI=1S/C10H14N2O3/c11-15-8-3-1-5-12(7-8)10(13)9-4-2-6-14-9/h2,4,6,8H,1,3,5,7,11H2. The van der Waals surface area contributed by atoms with Gasteiger partial charge < -0.3 is 9.32 Å². The lowest BCUT2D eigenvalue weighted by molar-refractivity contribution is 0.0000119. The van der Waals surface area contributed by atoms with E-state index >= 15 is 0 Å². The molecule has 2 heterocycles. The van der Waals surface area contributed by atoms with Crippen molar-refractivity contribution >= 4 is 5.91 Å². The topological polar surface area (TPSA) is 68.7 Å². The van der Waals surface area contributed by atoms with Gasteiger partial charge in [0.2, 0.25) is 0 Å². The molecule has 1 fully saturated rings. The van der Waals surface area contributed by atoms with Crippen LogP contribution in [-0.4, -0.2) is 30.0 Å². The lowest BCUT2D eigenvalue weighted by Crippen LogP contribution is -2.43. The molecule has 5 nitrogen and oxygen atoms in total. The third kappa shape index (κ3) is 2.19. The molecule has 1 aliphatic rings. The fourth-order valence-corrected chi connectivity index (χ4v) is 1.79. The van der Waals surface area contributed by atoms with Gasteiger partial charge in [0.1, 0.15) is 0 Å². The monoisotopic (exact) mass is 210 g/mol. The predicted molar refractivity (Wildman–Crippen MR) is 52.9 cm³/mol. The first-order valence-corrected chi connectivity index (χ1v) is 4.99. The lowest BCUT2D eigenvalue weighted by atomic mass is 10.1. The zero-order valence-electron chi connectivity index (χ0n) is 8.39. The third-order valence-electron chi connectivity index (χ3n) is 2.59.